The van der Waals surface area contributed by atoms with E-state index in [1.54, 1.807) is 12.4 Å². The Morgan fingerprint density at radius 2 is 2.16 bits per heavy atom. The predicted molar refractivity (Wildman–Crippen MR) is 92.4 cm³/mol. The molecule has 1 spiro atoms. The summed E-state index contributed by atoms with van der Waals surface area (Å²) in [6.07, 6.45) is 6.69. The maximum absolute atomic E-state index is 6.19. The molecule has 0 unspecified atom stereocenters. The summed E-state index contributed by atoms with van der Waals surface area (Å²) in [7, 11) is 0. The van der Waals surface area contributed by atoms with Crippen molar-refractivity contribution in [2.24, 2.45) is 0 Å². The summed E-state index contributed by atoms with van der Waals surface area (Å²) in [5.74, 6) is 1.75. The number of likely N-dealkylation sites (tertiary alicyclic amines) is 1. The molecule has 25 heavy (non-hydrogen) atoms. The minimum atomic E-state index is -0.0257. The lowest BCUT2D eigenvalue weighted by Crippen LogP contribution is -2.44. The fraction of sp³-hybridized carbons (Fsp3) is 0.579. The van der Waals surface area contributed by atoms with Crippen molar-refractivity contribution in [1.82, 2.24) is 15.0 Å². The fourth-order valence-electron chi connectivity index (χ4n) is 3.91. The highest BCUT2D eigenvalue weighted by Crippen LogP contribution is 2.37. The molecule has 0 N–H and O–H groups in total. The Hall–Kier alpha value is -1.92. The van der Waals surface area contributed by atoms with E-state index in [2.05, 4.69) is 15.0 Å². The van der Waals surface area contributed by atoms with Gasteiger partial charge in [0.2, 0.25) is 0 Å². The summed E-state index contributed by atoms with van der Waals surface area (Å²) in [6.45, 7) is 7.64. The number of rotatable bonds is 4. The molecular formula is C19H25N3O3. The first-order valence-electron chi connectivity index (χ1n) is 8.98. The number of nitrogens with zero attached hydrogens (tertiary/aromatic N) is 3. The number of hydrogen-bond acceptors (Lipinski definition) is 6. The largest absolute Gasteiger partial charge is 0.486 e. The van der Waals surface area contributed by atoms with Crippen LogP contribution in [0.25, 0.3) is 0 Å². The normalized spacial score (nSPS) is 23.2. The number of pyridine rings is 1. The van der Waals surface area contributed by atoms with Gasteiger partial charge in [-0.05, 0) is 38.8 Å². The zero-order chi connectivity index (χ0) is 17.3. The van der Waals surface area contributed by atoms with Crippen LogP contribution in [-0.4, -0.2) is 46.4 Å². The Balaban J connectivity index is 1.31. The number of piperidine rings is 1. The molecule has 1 atom stereocenters. The molecule has 4 heterocycles. The summed E-state index contributed by atoms with van der Waals surface area (Å²) in [4.78, 5) is 6.57. The van der Waals surface area contributed by atoms with Crippen LogP contribution in [0.15, 0.2) is 29.0 Å². The zero-order valence-corrected chi connectivity index (χ0v) is 14.9. The lowest BCUT2D eigenvalue weighted by atomic mass is 9.87. The van der Waals surface area contributed by atoms with Crippen molar-refractivity contribution < 1.29 is 14.0 Å². The van der Waals surface area contributed by atoms with E-state index in [1.807, 2.05) is 26.0 Å². The highest BCUT2D eigenvalue weighted by atomic mass is 16.6. The van der Waals surface area contributed by atoms with Gasteiger partial charge in [-0.2, -0.15) is 0 Å². The molecule has 0 bridgehead atoms. The van der Waals surface area contributed by atoms with E-state index in [0.717, 1.165) is 56.1 Å². The smallest absolute Gasteiger partial charge is 0.138 e. The standard InChI is InChI=1S/C19H25N3O3/c1-14-18(15(2)25-21-14)12-22-8-5-19(6-9-22)10-17(13-23-19)24-16-4-3-7-20-11-16/h3-4,7,11,17H,5-6,8-10,12-13H2,1-2H3/t17-/m0/s1. The van der Waals surface area contributed by atoms with Crippen LogP contribution >= 0.6 is 0 Å². The van der Waals surface area contributed by atoms with Crippen molar-refractivity contribution in [1.29, 1.82) is 0 Å². The molecule has 6 heteroatoms. The minimum Gasteiger partial charge on any atom is -0.486 e. The molecule has 2 aliphatic rings. The molecule has 2 aromatic heterocycles. The van der Waals surface area contributed by atoms with Gasteiger partial charge in [-0.25, -0.2) is 0 Å². The lowest BCUT2D eigenvalue weighted by molar-refractivity contribution is -0.0455. The molecule has 2 saturated heterocycles. The number of aryl methyl sites for hydroxylation is 2. The van der Waals surface area contributed by atoms with Crippen LogP contribution in [0.4, 0.5) is 0 Å². The average molecular weight is 343 g/mol. The quantitative estimate of drug-likeness (QED) is 0.851. The van der Waals surface area contributed by atoms with E-state index in [0.29, 0.717) is 6.61 Å². The molecule has 2 aromatic rings. The molecule has 0 saturated carbocycles. The van der Waals surface area contributed by atoms with Crippen LogP contribution in [0.5, 0.6) is 5.75 Å². The summed E-state index contributed by atoms with van der Waals surface area (Å²) >= 11 is 0. The average Bonchev–Trinajstić information content (AvgIpc) is 3.16. The first-order valence-corrected chi connectivity index (χ1v) is 8.98. The SMILES string of the molecule is Cc1noc(C)c1CN1CCC2(CC1)C[C@H](Oc1cccnc1)CO2. The van der Waals surface area contributed by atoms with Gasteiger partial charge in [0, 0.05) is 37.8 Å². The van der Waals surface area contributed by atoms with E-state index in [1.165, 1.54) is 5.56 Å². The molecular weight excluding hydrogens is 318 g/mol. The molecule has 0 amide bonds. The number of ether oxygens (including phenoxy) is 2. The van der Waals surface area contributed by atoms with E-state index < -0.39 is 0 Å². The van der Waals surface area contributed by atoms with Crippen molar-refractivity contribution in [3.63, 3.8) is 0 Å². The Labute approximate surface area is 148 Å². The minimum absolute atomic E-state index is 0.0257. The van der Waals surface area contributed by atoms with Crippen LogP contribution in [-0.2, 0) is 11.3 Å². The Morgan fingerprint density at radius 1 is 1.32 bits per heavy atom. The molecule has 0 aliphatic carbocycles. The predicted octanol–water partition coefficient (Wildman–Crippen LogP) is 2.89. The van der Waals surface area contributed by atoms with Crippen molar-refractivity contribution >= 4 is 0 Å². The summed E-state index contributed by atoms with van der Waals surface area (Å²) < 4.78 is 17.5. The molecule has 0 aromatic carbocycles. The summed E-state index contributed by atoms with van der Waals surface area (Å²) in [5.41, 5.74) is 2.20. The molecule has 4 rings (SSSR count). The third-order valence-electron chi connectivity index (χ3n) is 5.44. The second kappa shape index (κ2) is 6.77. The second-order valence-electron chi connectivity index (χ2n) is 7.21. The molecule has 0 radical (unpaired) electrons. The summed E-state index contributed by atoms with van der Waals surface area (Å²) in [6, 6.07) is 3.85. The highest BCUT2D eigenvalue weighted by molar-refractivity contribution is 5.20. The number of hydrogen-bond donors (Lipinski definition) is 0. The second-order valence-corrected chi connectivity index (χ2v) is 7.21. The van der Waals surface area contributed by atoms with E-state index in [9.17, 15) is 0 Å². The maximum atomic E-state index is 6.19. The van der Waals surface area contributed by atoms with Crippen LogP contribution in [0.1, 0.15) is 36.3 Å². The maximum Gasteiger partial charge on any atom is 0.138 e. The van der Waals surface area contributed by atoms with Gasteiger partial charge < -0.3 is 14.0 Å². The first kappa shape index (κ1) is 16.5. The topological polar surface area (TPSA) is 60.6 Å². The zero-order valence-electron chi connectivity index (χ0n) is 14.9. The molecule has 2 aliphatic heterocycles. The van der Waals surface area contributed by atoms with Crippen LogP contribution < -0.4 is 4.74 Å². The van der Waals surface area contributed by atoms with Crippen LogP contribution in [0.3, 0.4) is 0 Å². The third kappa shape index (κ3) is 3.55. The van der Waals surface area contributed by atoms with Gasteiger partial charge in [0.1, 0.15) is 17.6 Å². The van der Waals surface area contributed by atoms with Crippen molar-refractivity contribution in [3.05, 3.63) is 41.5 Å². The van der Waals surface area contributed by atoms with Gasteiger partial charge in [-0.1, -0.05) is 5.16 Å². The monoisotopic (exact) mass is 343 g/mol. The summed E-state index contributed by atoms with van der Waals surface area (Å²) in [5, 5.41) is 4.05. The van der Waals surface area contributed by atoms with Crippen LogP contribution in [0, 0.1) is 13.8 Å². The Morgan fingerprint density at radius 3 is 2.84 bits per heavy atom. The molecule has 134 valence electrons. The van der Waals surface area contributed by atoms with E-state index in [4.69, 9.17) is 14.0 Å². The van der Waals surface area contributed by atoms with Crippen molar-refractivity contribution in [2.45, 2.75) is 51.4 Å². The van der Waals surface area contributed by atoms with Gasteiger partial charge in [0.05, 0.1) is 24.1 Å². The van der Waals surface area contributed by atoms with Gasteiger partial charge in [-0.3, -0.25) is 9.88 Å². The first-order chi connectivity index (χ1) is 12.1. The van der Waals surface area contributed by atoms with Gasteiger partial charge in [-0.15, -0.1) is 0 Å². The Kier molecular flexibility index (Phi) is 4.48. The fourth-order valence-corrected chi connectivity index (χ4v) is 3.91. The lowest BCUT2D eigenvalue weighted by Gasteiger charge is -2.38. The van der Waals surface area contributed by atoms with Crippen molar-refractivity contribution in [2.75, 3.05) is 19.7 Å². The van der Waals surface area contributed by atoms with Crippen molar-refractivity contribution in [3.8, 4) is 5.75 Å². The Bertz CT molecular complexity index is 688. The number of aromatic nitrogens is 2. The highest BCUT2D eigenvalue weighted by Gasteiger charge is 2.43. The van der Waals surface area contributed by atoms with E-state index in [-0.39, 0.29) is 11.7 Å². The van der Waals surface area contributed by atoms with E-state index >= 15 is 0 Å². The third-order valence-corrected chi connectivity index (χ3v) is 5.44. The molecule has 6 nitrogen and oxygen atoms in total. The van der Waals surface area contributed by atoms with Gasteiger partial charge in [0.25, 0.3) is 0 Å². The molecule has 2 fully saturated rings. The van der Waals surface area contributed by atoms with Gasteiger partial charge >= 0.3 is 0 Å². The van der Waals surface area contributed by atoms with Crippen LogP contribution in [0.2, 0.25) is 0 Å². The van der Waals surface area contributed by atoms with Gasteiger partial charge in [0.15, 0.2) is 0 Å².